The van der Waals surface area contributed by atoms with Gasteiger partial charge < -0.3 is 35.4 Å². The van der Waals surface area contributed by atoms with Crippen molar-refractivity contribution in [3.05, 3.63) is 64.1 Å². The van der Waals surface area contributed by atoms with Gasteiger partial charge in [-0.2, -0.15) is 0 Å². The SMILES string of the molecule is CC[C@H](C)[C@H](NC(=O)C(C)(C)N(C)C)C(=O)N(C)[C@H](C[C@@H](OC(C)=O)c1nc(C(=O)N[C@@H](Cc2ccc(OC(=O)CCCN3C(=O)C=CC3=O)c(NC(=O)CCCN3C(=O)C=CC3=O)c2)CC(C)C(=O)O)cs1)C(C)C. The highest BCUT2D eigenvalue weighted by molar-refractivity contribution is 7.09. The van der Waals surface area contributed by atoms with E-state index in [4.69, 9.17) is 9.47 Å². The van der Waals surface area contributed by atoms with E-state index in [1.165, 1.54) is 31.4 Å². The van der Waals surface area contributed by atoms with E-state index in [1.54, 1.807) is 50.9 Å². The lowest BCUT2D eigenvalue weighted by molar-refractivity contribution is -0.149. The fourth-order valence-electron chi connectivity index (χ4n) is 8.25. The third kappa shape index (κ3) is 16.9. The number of nitrogens with zero attached hydrogens (tertiary/aromatic N) is 5. The number of aromatic nitrogens is 1. The molecule has 0 radical (unpaired) electrons. The van der Waals surface area contributed by atoms with Gasteiger partial charge in [0.25, 0.3) is 29.5 Å². The quantitative estimate of drug-likeness (QED) is 0.0505. The van der Waals surface area contributed by atoms with Crippen LogP contribution in [0.1, 0.15) is 127 Å². The van der Waals surface area contributed by atoms with E-state index in [2.05, 4.69) is 20.9 Å². The first-order valence-electron chi connectivity index (χ1n) is 25.3. The molecule has 22 nitrogen and oxygen atoms in total. The van der Waals surface area contributed by atoms with Crippen molar-refractivity contribution >= 4 is 82.2 Å². The molecule has 2 aliphatic rings. The van der Waals surface area contributed by atoms with E-state index in [0.717, 1.165) is 45.4 Å². The number of hydrogen-bond acceptors (Lipinski definition) is 16. The maximum Gasteiger partial charge on any atom is 0.311 e. The summed E-state index contributed by atoms with van der Waals surface area (Å²) >= 11 is 1.05. The minimum Gasteiger partial charge on any atom is -0.481 e. The highest BCUT2D eigenvalue weighted by Gasteiger charge is 2.39. The van der Waals surface area contributed by atoms with E-state index >= 15 is 0 Å². The fraction of sp³-hybridized carbons (Fsp3) is 0.547. The molecule has 4 rings (SSSR count). The largest absolute Gasteiger partial charge is 0.481 e. The number of nitrogens with one attached hydrogen (secondary N) is 3. The van der Waals surface area contributed by atoms with Crippen LogP contribution in [0.3, 0.4) is 0 Å². The monoisotopic (exact) mass is 1080 g/mol. The first-order chi connectivity index (χ1) is 35.6. The number of carboxylic acids is 1. The summed E-state index contributed by atoms with van der Waals surface area (Å²) in [7, 11) is 5.19. The van der Waals surface area contributed by atoms with Crippen LogP contribution >= 0.6 is 11.3 Å². The van der Waals surface area contributed by atoms with E-state index in [1.807, 2.05) is 27.7 Å². The predicted molar refractivity (Wildman–Crippen MR) is 279 cm³/mol. The Morgan fingerprint density at radius 1 is 0.829 bits per heavy atom. The predicted octanol–water partition coefficient (Wildman–Crippen LogP) is 4.20. The van der Waals surface area contributed by atoms with Gasteiger partial charge in [-0.25, -0.2) is 4.98 Å². The van der Waals surface area contributed by atoms with Gasteiger partial charge in [0.15, 0.2) is 11.9 Å². The first-order valence-corrected chi connectivity index (χ1v) is 26.1. The van der Waals surface area contributed by atoms with Crippen LogP contribution in [0.25, 0.3) is 0 Å². The number of thiazole rings is 1. The molecule has 0 bridgehead atoms. The molecule has 1 unspecified atom stereocenters. The molecule has 0 saturated carbocycles. The number of carbonyl (C=O) groups is 11. The third-order valence-electron chi connectivity index (χ3n) is 13.6. The summed E-state index contributed by atoms with van der Waals surface area (Å²) in [5.74, 6) is -7.81. The van der Waals surface area contributed by atoms with Crippen molar-refractivity contribution in [2.24, 2.45) is 17.8 Å². The van der Waals surface area contributed by atoms with Crippen molar-refractivity contribution in [1.82, 2.24) is 35.2 Å². The van der Waals surface area contributed by atoms with Gasteiger partial charge in [-0.3, -0.25) is 67.4 Å². The standard InChI is InChI=1S/C53H72N8O14S/c1-12-31(4)47(57-52(73)53(7,8)58(9)10)50(70)59(11)38(30(2)3)28-40(74-33(6)62)49-56-37(29-76-49)48(69)54-35(25-32(5)51(71)72)26-34-17-18-39(75-46(68)16-14-24-61-44(66)21-22-45(61)67)36(27-34)55-41(63)15-13-23-60-42(64)19-20-43(60)65/h17-22,27,29-32,35,38,40,47H,12-16,23-26,28H2,1-11H3,(H,54,69)(H,55,63)(H,57,73)(H,71,72)/t31-,32?,35+,38+,40+,47-/m0/s1. The second-order valence-electron chi connectivity index (χ2n) is 20.2. The zero-order valence-electron chi connectivity index (χ0n) is 45.1. The van der Waals surface area contributed by atoms with Gasteiger partial charge in [-0.15, -0.1) is 11.3 Å². The lowest BCUT2D eigenvalue weighted by atomic mass is 9.92. The van der Waals surface area contributed by atoms with E-state index < -0.39 is 89.0 Å². The average Bonchev–Trinajstić information content (AvgIpc) is 4.06. The second kappa shape index (κ2) is 27.6. The summed E-state index contributed by atoms with van der Waals surface area (Å²) < 4.78 is 11.4. The first kappa shape index (κ1) is 61.4. The molecule has 1 aromatic heterocycles. The molecule has 3 heterocycles. The summed E-state index contributed by atoms with van der Waals surface area (Å²) in [6, 6.07) is 2.23. The molecule has 0 fully saturated rings. The number of carboxylic acid groups (broad SMARTS) is 1. The van der Waals surface area contributed by atoms with Crippen LogP contribution in [0, 0.1) is 17.8 Å². The topological polar surface area (TPSA) is 288 Å². The zero-order chi connectivity index (χ0) is 56.8. The smallest absolute Gasteiger partial charge is 0.311 e. The molecule has 23 heteroatoms. The lowest BCUT2D eigenvalue weighted by Crippen LogP contribution is -2.60. The summed E-state index contributed by atoms with van der Waals surface area (Å²) in [6.45, 7) is 13.8. The van der Waals surface area contributed by atoms with E-state index in [-0.39, 0.29) is 104 Å². The number of esters is 2. The number of aliphatic carboxylic acids is 1. The van der Waals surface area contributed by atoms with Crippen LogP contribution in [0.15, 0.2) is 47.9 Å². The highest BCUT2D eigenvalue weighted by Crippen LogP contribution is 2.32. The molecule has 8 amide bonds. The van der Waals surface area contributed by atoms with Crippen LogP contribution < -0.4 is 20.7 Å². The van der Waals surface area contributed by atoms with E-state index in [0.29, 0.717) is 12.0 Å². The van der Waals surface area contributed by atoms with Crippen LogP contribution in [0.5, 0.6) is 5.75 Å². The van der Waals surface area contributed by atoms with Crippen LogP contribution in [-0.2, 0) is 59.1 Å². The number of likely N-dealkylation sites (N-methyl/N-ethyl adjacent to an activating group) is 2. The molecule has 2 aromatic rings. The van der Waals surface area contributed by atoms with Gasteiger partial charge >= 0.3 is 17.9 Å². The minimum absolute atomic E-state index is 0.00675. The van der Waals surface area contributed by atoms with Crippen molar-refractivity contribution in [3.8, 4) is 5.75 Å². The van der Waals surface area contributed by atoms with Gasteiger partial charge in [0.1, 0.15) is 16.7 Å². The van der Waals surface area contributed by atoms with Crippen molar-refractivity contribution in [2.45, 2.75) is 137 Å². The molecule has 1 aromatic carbocycles. The third-order valence-corrected chi connectivity index (χ3v) is 14.6. The fourth-order valence-corrected chi connectivity index (χ4v) is 9.09. The van der Waals surface area contributed by atoms with Crippen LogP contribution in [-0.4, -0.2) is 153 Å². The summed E-state index contributed by atoms with van der Waals surface area (Å²) in [4.78, 5) is 151. The van der Waals surface area contributed by atoms with Crippen molar-refractivity contribution < 1.29 is 67.3 Å². The molecular weight excluding hydrogens is 1000 g/mol. The Bertz CT molecular complexity index is 2550. The number of amides is 8. The molecular formula is C53H72N8O14S. The molecule has 414 valence electrons. The molecule has 0 aliphatic carbocycles. The zero-order valence-corrected chi connectivity index (χ0v) is 45.9. The molecule has 6 atom stereocenters. The van der Waals surface area contributed by atoms with Crippen LogP contribution in [0.2, 0.25) is 0 Å². The second-order valence-corrected chi connectivity index (χ2v) is 21.1. The highest BCUT2D eigenvalue weighted by atomic mass is 32.1. The lowest BCUT2D eigenvalue weighted by Gasteiger charge is -2.38. The van der Waals surface area contributed by atoms with E-state index in [9.17, 15) is 57.8 Å². The number of benzene rings is 1. The number of imide groups is 2. The molecule has 76 heavy (non-hydrogen) atoms. The summed E-state index contributed by atoms with van der Waals surface area (Å²) in [6.07, 6.45) is 4.00. The van der Waals surface area contributed by atoms with Gasteiger partial charge in [0, 0.05) is 88.1 Å². The Balaban J connectivity index is 1.57. The average molecular weight is 1080 g/mol. The Kier molecular flexibility index (Phi) is 22.3. The van der Waals surface area contributed by atoms with Crippen molar-refractivity contribution in [2.75, 3.05) is 39.5 Å². The maximum atomic E-state index is 14.3. The summed E-state index contributed by atoms with van der Waals surface area (Å²) in [5, 5.41) is 20.2. The normalized spacial score (nSPS) is 15.9. The number of hydrogen-bond donors (Lipinski definition) is 4. The number of anilines is 1. The molecule has 0 saturated heterocycles. The Hall–Kier alpha value is -7.14. The van der Waals surface area contributed by atoms with Crippen LogP contribution in [0.4, 0.5) is 5.69 Å². The number of ether oxygens (including phenoxy) is 2. The molecule has 0 spiro atoms. The molecule has 2 aliphatic heterocycles. The van der Waals surface area contributed by atoms with Gasteiger partial charge in [0.05, 0.1) is 17.1 Å². The van der Waals surface area contributed by atoms with Crippen molar-refractivity contribution in [1.29, 1.82) is 0 Å². The van der Waals surface area contributed by atoms with Gasteiger partial charge in [-0.05, 0) is 83.2 Å². The van der Waals surface area contributed by atoms with Gasteiger partial charge in [-0.1, -0.05) is 47.1 Å². The minimum atomic E-state index is -1.13. The Labute approximate surface area is 447 Å². The summed E-state index contributed by atoms with van der Waals surface area (Å²) in [5.41, 5.74) is -0.460. The number of rotatable bonds is 29. The molecule has 4 N–H and O–H groups in total. The van der Waals surface area contributed by atoms with Gasteiger partial charge in [0.2, 0.25) is 17.7 Å². The number of carbonyl (C=O) groups excluding carboxylic acids is 10. The Morgan fingerprint density at radius 3 is 1.93 bits per heavy atom. The van der Waals surface area contributed by atoms with Crippen molar-refractivity contribution in [3.63, 3.8) is 0 Å². The Morgan fingerprint density at radius 2 is 1.41 bits per heavy atom. The maximum absolute atomic E-state index is 14.3.